The van der Waals surface area contributed by atoms with Gasteiger partial charge < -0.3 is 14.8 Å². The first-order chi connectivity index (χ1) is 13.9. The predicted octanol–water partition coefficient (Wildman–Crippen LogP) is 4.28. The highest BCUT2D eigenvalue weighted by Gasteiger charge is 2.23. The molecule has 0 aromatic heterocycles. The van der Waals surface area contributed by atoms with Gasteiger partial charge in [-0.1, -0.05) is 18.2 Å². The Hall–Kier alpha value is -2.65. The standard InChI is InChI=1S/C20H16BrFN2O4S/c1-11(25)23-20-24-19(26)17(29-20)9-12-7-14(21)18(16(8-12)27-2)28-10-13-5-3-4-6-15(13)22/h3-9H,10H2,1-2H3,(H,23,24,25,26)/b17-9-. The molecule has 2 aromatic carbocycles. The number of amidine groups is 1. The summed E-state index contributed by atoms with van der Waals surface area (Å²) in [4.78, 5) is 27.3. The lowest BCUT2D eigenvalue weighted by Crippen LogP contribution is -2.23. The summed E-state index contributed by atoms with van der Waals surface area (Å²) in [6.45, 7) is 1.38. The topological polar surface area (TPSA) is 77.0 Å². The third-order valence-electron chi connectivity index (χ3n) is 3.78. The van der Waals surface area contributed by atoms with E-state index in [4.69, 9.17) is 9.47 Å². The molecule has 0 fully saturated rings. The van der Waals surface area contributed by atoms with Crippen molar-refractivity contribution in [1.82, 2.24) is 5.32 Å². The molecule has 0 aliphatic carbocycles. The first kappa shape index (κ1) is 21.1. The molecular formula is C20H16BrFN2O4S. The Kier molecular flexibility index (Phi) is 6.71. The molecular weight excluding hydrogens is 463 g/mol. The van der Waals surface area contributed by atoms with E-state index in [1.807, 2.05) is 0 Å². The minimum atomic E-state index is -0.436. The van der Waals surface area contributed by atoms with Gasteiger partial charge in [-0.3, -0.25) is 9.59 Å². The van der Waals surface area contributed by atoms with Crippen LogP contribution in [0.2, 0.25) is 0 Å². The molecule has 1 aliphatic rings. The molecule has 6 nitrogen and oxygen atoms in total. The number of carbonyl (C=O) groups excluding carboxylic acids is 2. The zero-order valence-electron chi connectivity index (χ0n) is 15.5. The quantitative estimate of drug-likeness (QED) is 0.648. The lowest BCUT2D eigenvalue weighted by atomic mass is 10.1. The van der Waals surface area contributed by atoms with Crippen LogP contribution in [0.5, 0.6) is 11.5 Å². The number of nitrogens with zero attached hydrogens (tertiary/aromatic N) is 1. The van der Waals surface area contributed by atoms with Crippen molar-refractivity contribution >= 4 is 50.7 Å². The van der Waals surface area contributed by atoms with Gasteiger partial charge in [-0.15, -0.1) is 0 Å². The Morgan fingerprint density at radius 3 is 2.79 bits per heavy atom. The summed E-state index contributed by atoms with van der Waals surface area (Å²) in [5.74, 6) is -0.255. The molecule has 2 amide bonds. The molecule has 0 saturated heterocycles. The molecule has 3 rings (SSSR count). The van der Waals surface area contributed by atoms with Gasteiger partial charge in [-0.2, -0.15) is 4.99 Å². The number of rotatable bonds is 5. The molecule has 0 unspecified atom stereocenters. The van der Waals surface area contributed by atoms with Gasteiger partial charge in [0, 0.05) is 12.5 Å². The van der Waals surface area contributed by atoms with E-state index in [1.54, 1.807) is 36.4 Å². The van der Waals surface area contributed by atoms with Crippen LogP contribution in [0.25, 0.3) is 6.08 Å². The number of carbonyl (C=O) groups is 2. The average molecular weight is 479 g/mol. The number of amides is 2. The van der Waals surface area contributed by atoms with Gasteiger partial charge in [0.25, 0.3) is 5.91 Å². The molecule has 0 atom stereocenters. The van der Waals surface area contributed by atoms with Crippen LogP contribution in [0.4, 0.5) is 4.39 Å². The van der Waals surface area contributed by atoms with Gasteiger partial charge in [0.1, 0.15) is 12.4 Å². The Labute approximate surface area is 179 Å². The molecule has 9 heteroatoms. The van der Waals surface area contributed by atoms with Crippen LogP contribution < -0.4 is 14.8 Å². The van der Waals surface area contributed by atoms with E-state index in [2.05, 4.69) is 26.2 Å². The van der Waals surface area contributed by atoms with Crippen molar-refractivity contribution in [1.29, 1.82) is 0 Å². The van der Waals surface area contributed by atoms with Gasteiger partial charge in [0.15, 0.2) is 16.7 Å². The summed E-state index contributed by atoms with van der Waals surface area (Å²) in [7, 11) is 1.49. The first-order valence-electron chi connectivity index (χ1n) is 8.41. The molecule has 150 valence electrons. The van der Waals surface area contributed by atoms with Gasteiger partial charge in [0.2, 0.25) is 5.91 Å². The highest BCUT2D eigenvalue weighted by Crippen LogP contribution is 2.39. The van der Waals surface area contributed by atoms with Crippen molar-refractivity contribution in [3.63, 3.8) is 0 Å². The summed E-state index contributed by atoms with van der Waals surface area (Å²) in [6, 6.07) is 9.80. The Bertz CT molecular complexity index is 1040. The Morgan fingerprint density at radius 1 is 1.34 bits per heavy atom. The molecule has 0 bridgehead atoms. The maximum Gasteiger partial charge on any atom is 0.286 e. The number of hydrogen-bond acceptors (Lipinski definition) is 5. The maximum absolute atomic E-state index is 13.8. The fraction of sp³-hybridized carbons (Fsp3) is 0.150. The number of ether oxygens (including phenoxy) is 2. The fourth-order valence-corrected chi connectivity index (χ4v) is 3.93. The van der Waals surface area contributed by atoms with E-state index in [1.165, 1.54) is 20.1 Å². The van der Waals surface area contributed by atoms with E-state index in [9.17, 15) is 14.0 Å². The largest absolute Gasteiger partial charge is 0.493 e. The van der Waals surface area contributed by atoms with Crippen LogP contribution in [-0.2, 0) is 16.2 Å². The van der Waals surface area contributed by atoms with Gasteiger partial charge in [-0.25, -0.2) is 4.39 Å². The van der Waals surface area contributed by atoms with Crippen molar-refractivity contribution in [3.8, 4) is 11.5 Å². The van der Waals surface area contributed by atoms with E-state index < -0.39 is 5.91 Å². The second-order valence-electron chi connectivity index (χ2n) is 5.93. The number of aliphatic imine (C=N–C) groups is 1. The highest BCUT2D eigenvalue weighted by atomic mass is 79.9. The normalized spacial score (nSPS) is 14.7. The molecule has 29 heavy (non-hydrogen) atoms. The number of halogens is 2. The smallest absolute Gasteiger partial charge is 0.286 e. The molecule has 0 spiro atoms. The van der Waals surface area contributed by atoms with Crippen molar-refractivity contribution in [2.45, 2.75) is 13.5 Å². The number of methoxy groups -OCH3 is 1. The van der Waals surface area contributed by atoms with Crippen LogP contribution >= 0.6 is 27.7 Å². The van der Waals surface area contributed by atoms with Crippen LogP contribution in [0.15, 0.2) is 50.8 Å². The van der Waals surface area contributed by atoms with Crippen molar-refractivity contribution in [2.24, 2.45) is 4.99 Å². The second-order valence-corrected chi connectivity index (χ2v) is 7.81. The number of thioether (sulfide) groups is 1. The van der Waals surface area contributed by atoms with Crippen molar-refractivity contribution in [2.75, 3.05) is 7.11 Å². The number of nitrogens with one attached hydrogen (secondary N) is 1. The highest BCUT2D eigenvalue weighted by molar-refractivity contribution is 9.10. The van der Waals surface area contributed by atoms with Crippen molar-refractivity contribution < 1.29 is 23.5 Å². The third-order valence-corrected chi connectivity index (χ3v) is 5.27. The zero-order chi connectivity index (χ0) is 21.0. The fourth-order valence-electron chi connectivity index (χ4n) is 2.49. The summed E-state index contributed by atoms with van der Waals surface area (Å²) >= 11 is 4.51. The first-order valence-corrected chi connectivity index (χ1v) is 10.0. The Balaban J connectivity index is 1.81. The number of hydrogen-bond donors (Lipinski definition) is 1. The van der Waals surface area contributed by atoms with Crippen LogP contribution in [0.1, 0.15) is 18.1 Å². The second kappa shape index (κ2) is 9.23. The van der Waals surface area contributed by atoms with Gasteiger partial charge in [0.05, 0.1) is 16.5 Å². The minimum absolute atomic E-state index is 0.0321. The Morgan fingerprint density at radius 2 is 2.10 bits per heavy atom. The molecule has 1 heterocycles. The number of benzene rings is 2. The molecule has 0 saturated carbocycles. The third kappa shape index (κ3) is 5.24. The predicted molar refractivity (Wildman–Crippen MR) is 113 cm³/mol. The maximum atomic E-state index is 13.8. The van der Waals surface area contributed by atoms with Crippen molar-refractivity contribution in [3.05, 3.63) is 62.7 Å². The van der Waals surface area contributed by atoms with Gasteiger partial charge >= 0.3 is 0 Å². The monoisotopic (exact) mass is 478 g/mol. The summed E-state index contributed by atoms with van der Waals surface area (Å²) in [6.07, 6.45) is 1.64. The summed E-state index contributed by atoms with van der Waals surface area (Å²) in [5.41, 5.74) is 1.09. The molecule has 2 aromatic rings. The average Bonchev–Trinajstić information content (AvgIpc) is 2.99. The van der Waals surface area contributed by atoms with Crippen LogP contribution in [0, 0.1) is 5.82 Å². The van der Waals surface area contributed by atoms with Crippen LogP contribution in [-0.4, -0.2) is 24.1 Å². The lowest BCUT2D eigenvalue weighted by Gasteiger charge is -2.14. The van der Waals surface area contributed by atoms with E-state index in [0.717, 1.165) is 11.8 Å². The van der Waals surface area contributed by atoms with E-state index >= 15 is 0 Å². The molecule has 1 aliphatic heterocycles. The van der Waals surface area contributed by atoms with E-state index in [0.29, 0.717) is 32.0 Å². The summed E-state index contributed by atoms with van der Waals surface area (Å²) < 4.78 is 25.5. The SMILES string of the molecule is COc1cc(/C=C2\SC(NC(C)=O)=NC2=O)cc(Br)c1OCc1ccccc1F. The zero-order valence-corrected chi connectivity index (χ0v) is 17.9. The molecule has 0 radical (unpaired) electrons. The minimum Gasteiger partial charge on any atom is -0.493 e. The van der Waals surface area contributed by atoms with Gasteiger partial charge in [-0.05, 0) is 57.5 Å². The summed E-state index contributed by atoms with van der Waals surface area (Å²) in [5, 5.41) is 2.74. The van der Waals surface area contributed by atoms with E-state index in [-0.39, 0.29) is 23.5 Å². The van der Waals surface area contributed by atoms with Crippen LogP contribution in [0.3, 0.4) is 0 Å². The molecule has 1 N–H and O–H groups in total. The lowest BCUT2D eigenvalue weighted by molar-refractivity contribution is -0.117.